The second-order valence-corrected chi connectivity index (χ2v) is 3.65. The van der Waals surface area contributed by atoms with Crippen LogP contribution < -0.4 is 10.6 Å². The fraction of sp³-hybridized carbons (Fsp3) is 0.273. The van der Waals surface area contributed by atoms with Crippen molar-refractivity contribution in [2.75, 3.05) is 11.9 Å². The zero-order chi connectivity index (χ0) is 14.4. The highest BCUT2D eigenvalue weighted by molar-refractivity contribution is 5.89. The van der Waals surface area contributed by atoms with Crippen molar-refractivity contribution in [3.05, 3.63) is 29.8 Å². The molecule has 2 amide bonds. The first-order chi connectivity index (χ1) is 8.90. The number of halogens is 2. The van der Waals surface area contributed by atoms with Gasteiger partial charge in [0.25, 0.3) is 0 Å². The van der Waals surface area contributed by atoms with Crippen molar-refractivity contribution in [2.45, 2.75) is 12.5 Å². The predicted octanol–water partition coefficient (Wildman–Crippen LogP) is 0.922. The second kappa shape index (κ2) is 6.64. The topological polar surface area (TPSA) is 98.7 Å². The maximum Gasteiger partial charge on any atom is 0.332 e. The third-order valence-electron chi connectivity index (χ3n) is 2.16. The number of urea groups is 1. The third kappa shape index (κ3) is 4.88. The number of carboxylic acids is 1. The van der Waals surface area contributed by atoms with Crippen LogP contribution in [0.5, 0.6) is 0 Å². The normalized spacial score (nSPS) is 11.7. The van der Waals surface area contributed by atoms with Crippen molar-refractivity contribution in [3.8, 4) is 0 Å². The number of hydrogen-bond donors (Lipinski definition) is 4. The molecule has 1 aromatic carbocycles. The molecule has 0 aliphatic heterocycles. The molecule has 0 aromatic heterocycles. The fourth-order valence-electron chi connectivity index (χ4n) is 1.21. The van der Waals surface area contributed by atoms with Crippen LogP contribution in [0.1, 0.15) is 6.42 Å². The molecule has 0 fully saturated rings. The average molecular weight is 274 g/mol. The number of carbonyl (C=O) groups excluding carboxylic acids is 1. The van der Waals surface area contributed by atoms with Crippen molar-refractivity contribution in [1.29, 1.82) is 0 Å². The number of rotatable bonds is 5. The van der Waals surface area contributed by atoms with Gasteiger partial charge in [-0.25, -0.2) is 18.4 Å². The molecule has 0 aliphatic carbocycles. The van der Waals surface area contributed by atoms with Crippen molar-refractivity contribution in [3.63, 3.8) is 0 Å². The monoisotopic (exact) mass is 274 g/mol. The van der Waals surface area contributed by atoms with Crippen molar-refractivity contribution < 1.29 is 28.6 Å². The Morgan fingerprint density at radius 2 is 2.00 bits per heavy atom. The fourth-order valence-corrected chi connectivity index (χ4v) is 1.21. The summed E-state index contributed by atoms with van der Waals surface area (Å²) in [6, 6.07) is 1.74. The van der Waals surface area contributed by atoms with Gasteiger partial charge < -0.3 is 20.8 Å². The molecular weight excluding hydrogens is 262 g/mol. The minimum absolute atomic E-state index is 0.129. The maximum absolute atomic E-state index is 13.2. The Morgan fingerprint density at radius 3 is 2.63 bits per heavy atom. The quantitative estimate of drug-likeness (QED) is 0.641. The molecule has 104 valence electrons. The van der Waals surface area contributed by atoms with Crippen LogP contribution in [0.15, 0.2) is 18.2 Å². The van der Waals surface area contributed by atoms with Gasteiger partial charge in [0, 0.05) is 19.0 Å². The summed E-state index contributed by atoms with van der Waals surface area (Å²) in [4.78, 5) is 21.6. The summed E-state index contributed by atoms with van der Waals surface area (Å²) in [5.41, 5.74) is -0.337. The van der Waals surface area contributed by atoms with Crippen LogP contribution in [0.2, 0.25) is 0 Å². The van der Waals surface area contributed by atoms with E-state index in [9.17, 15) is 18.4 Å². The summed E-state index contributed by atoms with van der Waals surface area (Å²) >= 11 is 0. The molecule has 0 aliphatic rings. The molecule has 0 unspecified atom stereocenters. The Bertz CT molecular complexity index is 482. The van der Waals surface area contributed by atoms with Crippen LogP contribution >= 0.6 is 0 Å². The standard InChI is InChI=1S/C11H12F2N2O4/c12-6-1-2-7(13)8(5-6)15-11(19)14-4-3-9(16)10(17)18/h1-2,5,9,16H,3-4H2,(H,17,18)(H2,14,15,19)/t9-/m0/s1. The van der Waals surface area contributed by atoms with E-state index in [1.807, 2.05) is 0 Å². The number of nitrogens with one attached hydrogen (secondary N) is 2. The lowest BCUT2D eigenvalue weighted by Gasteiger charge is -2.09. The summed E-state index contributed by atoms with van der Waals surface area (Å²) in [5.74, 6) is -2.92. The van der Waals surface area contributed by atoms with Gasteiger partial charge in [0.1, 0.15) is 11.6 Å². The number of carbonyl (C=O) groups is 2. The Hall–Kier alpha value is -2.22. The van der Waals surface area contributed by atoms with E-state index >= 15 is 0 Å². The molecule has 0 saturated carbocycles. The Balaban J connectivity index is 2.43. The minimum Gasteiger partial charge on any atom is -0.479 e. The number of carboxylic acid groups (broad SMARTS) is 1. The summed E-state index contributed by atoms with van der Waals surface area (Å²) in [7, 11) is 0. The molecular formula is C11H12F2N2O4. The number of aliphatic hydroxyl groups excluding tert-OH is 1. The molecule has 0 bridgehead atoms. The van der Waals surface area contributed by atoms with E-state index in [4.69, 9.17) is 10.2 Å². The highest BCUT2D eigenvalue weighted by Gasteiger charge is 2.13. The molecule has 0 radical (unpaired) electrons. The van der Waals surface area contributed by atoms with E-state index < -0.39 is 29.7 Å². The lowest BCUT2D eigenvalue weighted by Crippen LogP contribution is -2.33. The smallest absolute Gasteiger partial charge is 0.332 e. The van der Waals surface area contributed by atoms with E-state index in [0.717, 1.165) is 18.2 Å². The van der Waals surface area contributed by atoms with E-state index in [1.54, 1.807) is 0 Å². The number of benzene rings is 1. The molecule has 8 heteroatoms. The van der Waals surface area contributed by atoms with Crippen molar-refractivity contribution in [2.24, 2.45) is 0 Å². The molecule has 4 N–H and O–H groups in total. The lowest BCUT2D eigenvalue weighted by molar-refractivity contribution is -0.146. The molecule has 1 aromatic rings. The zero-order valence-electron chi connectivity index (χ0n) is 9.69. The van der Waals surface area contributed by atoms with E-state index in [1.165, 1.54) is 0 Å². The Kier molecular flexibility index (Phi) is 5.19. The molecule has 1 atom stereocenters. The molecule has 0 saturated heterocycles. The van der Waals surface area contributed by atoms with Crippen LogP contribution in [0.25, 0.3) is 0 Å². The molecule has 1 rings (SSSR count). The van der Waals surface area contributed by atoms with Crippen molar-refractivity contribution in [1.82, 2.24) is 5.32 Å². The molecule has 19 heavy (non-hydrogen) atoms. The van der Waals surface area contributed by atoms with Crippen LogP contribution in [-0.4, -0.2) is 34.9 Å². The van der Waals surface area contributed by atoms with Gasteiger partial charge in [-0.3, -0.25) is 0 Å². The average Bonchev–Trinajstić information content (AvgIpc) is 2.33. The molecule has 0 spiro atoms. The predicted molar refractivity (Wildman–Crippen MR) is 61.6 cm³/mol. The highest BCUT2D eigenvalue weighted by Crippen LogP contribution is 2.14. The minimum atomic E-state index is -1.59. The van der Waals surface area contributed by atoms with Crippen LogP contribution in [0.3, 0.4) is 0 Å². The van der Waals surface area contributed by atoms with Gasteiger partial charge in [0.2, 0.25) is 0 Å². The number of anilines is 1. The van der Waals surface area contributed by atoms with E-state index in [-0.39, 0.29) is 18.7 Å². The first-order valence-electron chi connectivity index (χ1n) is 5.31. The van der Waals surface area contributed by atoms with Gasteiger partial charge in [0.05, 0.1) is 5.69 Å². The molecule has 0 heterocycles. The van der Waals surface area contributed by atoms with Gasteiger partial charge in [-0.1, -0.05) is 0 Å². The lowest BCUT2D eigenvalue weighted by atomic mass is 10.2. The SMILES string of the molecule is O=C(NCC[C@H](O)C(=O)O)Nc1cc(F)ccc1F. The number of aliphatic hydroxyl groups is 1. The number of hydrogen-bond acceptors (Lipinski definition) is 3. The van der Waals surface area contributed by atoms with Gasteiger partial charge >= 0.3 is 12.0 Å². The second-order valence-electron chi connectivity index (χ2n) is 3.65. The van der Waals surface area contributed by atoms with Crippen LogP contribution in [0.4, 0.5) is 19.3 Å². The van der Waals surface area contributed by atoms with Gasteiger partial charge in [-0.2, -0.15) is 0 Å². The Labute approximate surface area is 107 Å². The number of aliphatic carboxylic acids is 1. The number of amides is 2. The van der Waals surface area contributed by atoms with Crippen molar-refractivity contribution >= 4 is 17.7 Å². The largest absolute Gasteiger partial charge is 0.479 e. The Morgan fingerprint density at radius 1 is 1.32 bits per heavy atom. The summed E-state index contributed by atoms with van der Waals surface area (Å²) < 4.78 is 26.0. The van der Waals surface area contributed by atoms with Crippen LogP contribution in [-0.2, 0) is 4.79 Å². The maximum atomic E-state index is 13.2. The highest BCUT2D eigenvalue weighted by atomic mass is 19.1. The summed E-state index contributed by atoms with van der Waals surface area (Å²) in [5, 5.41) is 21.6. The first-order valence-corrected chi connectivity index (χ1v) is 5.31. The summed E-state index contributed by atoms with van der Waals surface area (Å²) in [6.07, 6.45) is -1.79. The van der Waals surface area contributed by atoms with Gasteiger partial charge in [0.15, 0.2) is 6.10 Å². The zero-order valence-corrected chi connectivity index (χ0v) is 9.69. The van der Waals surface area contributed by atoms with E-state index in [2.05, 4.69) is 10.6 Å². The van der Waals surface area contributed by atoms with Crippen LogP contribution in [0, 0.1) is 11.6 Å². The van der Waals surface area contributed by atoms with E-state index in [0.29, 0.717) is 0 Å². The summed E-state index contributed by atoms with van der Waals surface area (Å²) in [6.45, 7) is -0.129. The third-order valence-corrected chi connectivity index (χ3v) is 2.16. The molecule has 6 nitrogen and oxygen atoms in total. The van der Waals surface area contributed by atoms with Gasteiger partial charge in [-0.15, -0.1) is 0 Å². The first kappa shape index (κ1) is 14.8. The van der Waals surface area contributed by atoms with Gasteiger partial charge in [-0.05, 0) is 12.1 Å².